The van der Waals surface area contributed by atoms with E-state index in [9.17, 15) is 45.6 Å². The number of carbonyl (C=O) groups is 6. The van der Waals surface area contributed by atoms with Crippen LogP contribution in [0, 0.1) is 11.8 Å². The molecule has 4 amide bonds. The average molecular weight is 542 g/mol. The van der Waals surface area contributed by atoms with Crippen molar-refractivity contribution in [2.75, 3.05) is 0 Å². The number of nitrogens with zero attached hydrogens (tertiary/aromatic N) is 2. The van der Waals surface area contributed by atoms with Crippen molar-refractivity contribution in [1.82, 2.24) is 10.1 Å². The van der Waals surface area contributed by atoms with E-state index in [-0.39, 0.29) is 29.4 Å². The van der Waals surface area contributed by atoms with Crippen molar-refractivity contribution in [2.24, 2.45) is 11.8 Å². The number of hydroxylamine groups is 4. The van der Waals surface area contributed by atoms with Crippen LogP contribution in [-0.2, 0) is 58.7 Å². The molecule has 2 aliphatic rings. The van der Waals surface area contributed by atoms with Gasteiger partial charge in [0.25, 0.3) is 43.9 Å². The smallest absolute Gasteiger partial charge is 0.330 e. The molecule has 16 nitrogen and oxygen atoms in total. The topological polar surface area (TPSA) is 236 Å². The summed E-state index contributed by atoms with van der Waals surface area (Å²) in [4.78, 5) is 82.3. The van der Waals surface area contributed by atoms with Gasteiger partial charge in [-0.1, -0.05) is 13.8 Å². The van der Waals surface area contributed by atoms with E-state index in [0.717, 1.165) is 0 Å². The first-order valence-corrected chi connectivity index (χ1v) is 13.1. The summed E-state index contributed by atoms with van der Waals surface area (Å²) in [5, 5.41) is -4.41. The fraction of sp³-hybridized carbons (Fsp3) is 0.647. The van der Waals surface area contributed by atoms with Gasteiger partial charge in [0.2, 0.25) is 0 Å². The first-order chi connectivity index (χ1) is 16.0. The average Bonchev–Trinajstić information content (AvgIpc) is 3.19. The first-order valence-electron chi connectivity index (χ1n) is 10.1. The van der Waals surface area contributed by atoms with Gasteiger partial charge in [-0.2, -0.15) is 16.8 Å². The van der Waals surface area contributed by atoms with Gasteiger partial charge in [0, 0.05) is 0 Å². The minimum Gasteiger partial charge on any atom is -0.330 e. The van der Waals surface area contributed by atoms with Gasteiger partial charge in [-0.05, 0) is 19.3 Å². The molecule has 2 heterocycles. The SMILES string of the molecule is CCC(CC(CC)C(=O)ON1C(=O)CC(S(=O)(=O)O)C1=O)C(=O)ON1C(=O)CC(S(=O)(=O)O)C1=O. The van der Waals surface area contributed by atoms with Crippen molar-refractivity contribution >= 4 is 55.8 Å². The van der Waals surface area contributed by atoms with Gasteiger partial charge in [0.15, 0.2) is 10.5 Å². The van der Waals surface area contributed by atoms with Crippen molar-refractivity contribution in [3.63, 3.8) is 0 Å². The molecule has 0 aliphatic carbocycles. The molecule has 0 radical (unpaired) electrons. The lowest BCUT2D eigenvalue weighted by atomic mass is 9.91. The molecular formula is C17H22N2O14S2. The third kappa shape index (κ3) is 6.19. The highest BCUT2D eigenvalue weighted by Gasteiger charge is 2.50. The van der Waals surface area contributed by atoms with E-state index in [1.54, 1.807) is 0 Å². The third-order valence-electron chi connectivity index (χ3n) is 5.43. The lowest BCUT2D eigenvalue weighted by Gasteiger charge is -2.22. The van der Waals surface area contributed by atoms with Crippen LogP contribution < -0.4 is 0 Å². The molecule has 0 saturated carbocycles. The lowest BCUT2D eigenvalue weighted by Crippen LogP contribution is -2.40. The van der Waals surface area contributed by atoms with Crippen LogP contribution in [-0.4, -0.2) is 82.1 Å². The van der Waals surface area contributed by atoms with Gasteiger partial charge >= 0.3 is 11.9 Å². The number of imide groups is 2. The molecule has 4 unspecified atom stereocenters. The fourth-order valence-electron chi connectivity index (χ4n) is 3.35. The minimum absolute atomic E-state index is 0.00691. The minimum atomic E-state index is -4.92. The Bertz CT molecular complexity index is 1070. The molecule has 2 rings (SSSR count). The van der Waals surface area contributed by atoms with Crippen molar-refractivity contribution in [2.45, 2.75) is 56.5 Å². The van der Waals surface area contributed by atoms with Gasteiger partial charge < -0.3 is 9.68 Å². The number of hydrogen-bond donors (Lipinski definition) is 2. The van der Waals surface area contributed by atoms with Crippen LogP contribution in [0.4, 0.5) is 0 Å². The van der Waals surface area contributed by atoms with Crippen molar-refractivity contribution in [1.29, 1.82) is 0 Å². The molecule has 0 aromatic carbocycles. The summed E-state index contributed by atoms with van der Waals surface area (Å²) in [6.45, 7) is 2.98. The van der Waals surface area contributed by atoms with E-state index < -0.39 is 91.0 Å². The van der Waals surface area contributed by atoms with Crippen LogP contribution in [0.1, 0.15) is 46.0 Å². The Labute approximate surface area is 198 Å². The Hall–Kier alpha value is -2.96. The molecule has 0 aromatic rings. The van der Waals surface area contributed by atoms with E-state index in [1.165, 1.54) is 13.8 Å². The number of hydrogen-bond acceptors (Lipinski definition) is 12. The Morgan fingerprint density at radius 1 is 0.800 bits per heavy atom. The summed E-state index contributed by atoms with van der Waals surface area (Å²) in [6.07, 6.45) is -2.18. The van der Waals surface area contributed by atoms with Crippen LogP contribution >= 0.6 is 0 Å². The van der Waals surface area contributed by atoms with Gasteiger partial charge in [-0.3, -0.25) is 28.3 Å². The van der Waals surface area contributed by atoms with E-state index in [4.69, 9.17) is 18.8 Å². The summed E-state index contributed by atoms with van der Waals surface area (Å²) in [6, 6.07) is 0. The molecule has 35 heavy (non-hydrogen) atoms. The molecule has 0 spiro atoms. The summed E-state index contributed by atoms with van der Waals surface area (Å²) >= 11 is 0. The van der Waals surface area contributed by atoms with Gasteiger partial charge in [0.05, 0.1) is 24.7 Å². The van der Waals surface area contributed by atoms with E-state index in [2.05, 4.69) is 0 Å². The van der Waals surface area contributed by atoms with Gasteiger partial charge in [-0.25, -0.2) is 9.59 Å². The summed E-state index contributed by atoms with van der Waals surface area (Å²) in [5.41, 5.74) is 0. The maximum Gasteiger partial charge on any atom is 0.336 e. The normalized spacial score (nSPS) is 23.0. The third-order valence-corrected chi connectivity index (χ3v) is 7.60. The molecule has 4 atom stereocenters. The number of rotatable bonds is 10. The molecule has 2 fully saturated rings. The molecule has 2 saturated heterocycles. The largest absolute Gasteiger partial charge is 0.336 e. The summed E-state index contributed by atoms with van der Waals surface area (Å²) in [5.74, 6) is -9.97. The van der Waals surface area contributed by atoms with Crippen molar-refractivity contribution in [3.8, 4) is 0 Å². The number of amides is 4. The molecule has 2 N–H and O–H groups in total. The second kappa shape index (κ2) is 10.3. The van der Waals surface area contributed by atoms with Crippen LogP contribution in [0.15, 0.2) is 0 Å². The first kappa shape index (κ1) is 28.3. The molecule has 196 valence electrons. The van der Waals surface area contributed by atoms with Gasteiger partial charge in [0.1, 0.15) is 0 Å². The standard InChI is InChI=1S/C17H22N2O14S2/c1-3-8(16(24)32-18-12(20)6-10(14(18)22)34(26,27)28)5-9(4-2)17(25)33-19-13(21)7-11(15(19)23)35(29,30)31/h8-11H,3-7H2,1-2H3,(H,26,27,28)(H,29,30,31). The zero-order chi connectivity index (χ0) is 26.9. The van der Waals surface area contributed by atoms with Crippen LogP contribution in [0.5, 0.6) is 0 Å². The highest BCUT2D eigenvalue weighted by Crippen LogP contribution is 2.26. The molecule has 0 aromatic heterocycles. The molecule has 18 heteroatoms. The zero-order valence-corrected chi connectivity index (χ0v) is 20.0. The monoisotopic (exact) mass is 542 g/mol. The second-order valence-corrected chi connectivity index (χ2v) is 10.9. The predicted octanol–water partition coefficient (Wildman–Crippen LogP) is -1.62. The molecule has 0 bridgehead atoms. The molecule has 2 aliphatic heterocycles. The van der Waals surface area contributed by atoms with E-state index in [0.29, 0.717) is 0 Å². The van der Waals surface area contributed by atoms with Crippen LogP contribution in [0.2, 0.25) is 0 Å². The summed E-state index contributed by atoms with van der Waals surface area (Å²) in [7, 11) is -9.85. The van der Waals surface area contributed by atoms with Crippen molar-refractivity contribution < 1.29 is 64.4 Å². The van der Waals surface area contributed by atoms with E-state index in [1.807, 2.05) is 0 Å². The fourth-order valence-corrected chi connectivity index (χ4v) is 4.76. The highest BCUT2D eigenvalue weighted by atomic mass is 32.2. The zero-order valence-electron chi connectivity index (χ0n) is 18.3. The lowest BCUT2D eigenvalue weighted by molar-refractivity contribution is -0.204. The Morgan fingerprint density at radius 3 is 1.34 bits per heavy atom. The van der Waals surface area contributed by atoms with Gasteiger partial charge in [-0.15, -0.1) is 10.1 Å². The Kier molecular flexibility index (Phi) is 8.36. The maximum absolute atomic E-state index is 12.5. The predicted molar refractivity (Wildman–Crippen MR) is 108 cm³/mol. The second-order valence-electron chi connectivity index (χ2n) is 7.73. The maximum atomic E-state index is 12.5. The summed E-state index contributed by atoms with van der Waals surface area (Å²) < 4.78 is 62.8. The van der Waals surface area contributed by atoms with Crippen LogP contribution in [0.25, 0.3) is 0 Å². The Morgan fingerprint density at radius 2 is 1.11 bits per heavy atom. The van der Waals surface area contributed by atoms with Crippen LogP contribution in [0.3, 0.4) is 0 Å². The van der Waals surface area contributed by atoms with Crippen molar-refractivity contribution in [3.05, 3.63) is 0 Å². The number of carbonyl (C=O) groups excluding carboxylic acids is 6. The molecular weight excluding hydrogens is 520 g/mol. The quantitative estimate of drug-likeness (QED) is 0.233. The van der Waals surface area contributed by atoms with E-state index >= 15 is 0 Å². The highest BCUT2D eigenvalue weighted by molar-refractivity contribution is 7.87. The Balaban J connectivity index is 2.07.